The van der Waals surface area contributed by atoms with E-state index in [9.17, 15) is 9.59 Å². The van der Waals surface area contributed by atoms with Gasteiger partial charge in [0.15, 0.2) is 0 Å². The van der Waals surface area contributed by atoms with Gasteiger partial charge in [0.1, 0.15) is 0 Å². The molecule has 2 aliphatic rings. The Morgan fingerprint density at radius 2 is 0.906 bits per heavy atom. The van der Waals surface area contributed by atoms with Crippen molar-refractivity contribution in [1.29, 1.82) is 0 Å². The van der Waals surface area contributed by atoms with Gasteiger partial charge >= 0.3 is 11.8 Å². The fourth-order valence-electron chi connectivity index (χ4n) is 4.39. The van der Waals surface area contributed by atoms with Crippen LogP contribution in [0.25, 0.3) is 0 Å². The zero-order valence-electron chi connectivity index (χ0n) is 18.5. The van der Waals surface area contributed by atoms with E-state index in [-0.39, 0.29) is 0 Å². The van der Waals surface area contributed by atoms with E-state index in [4.69, 9.17) is 0 Å². The largest absolute Gasteiger partial charge is 0.327 e. The number of carbonyl (C=O) groups excluding carboxylic acids is 2. The normalized spacial score (nSPS) is 17.6. The summed E-state index contributed by atoms with van der Waals surface area (Å²) in [5.74, 6) is -0.919. The van der Waals surface area contributed by atoms with Gasteiger partial charge < -0.3 is 0 Å². The first-order valence-corrected chi connectivity index (χ1v) is 13.5. The Kier molecular flexibility index (Phi) is 8.57. The Morgan fingerprint density at radius 3 is 1.25 bits per heavy atom. The zero-order chi connectivity index (χ0) is 22.2. The van der Waals surface area contributed by atoms with E-state index < -0.39 is 11.8 Å². The van der Waals surface area contributed by atoms with Crippen LogP contribution in [0.4, 0.5) is 11.4 Å². The third-order valence-electron chi connectivity index (χ3n) is 6.15. The van der Waals surface area contributed by atoms with Gasteiger partial charge in [0, 0.05) is 10.5 Å². The Bertz CT molecular complexity index is 792. The molecule has 2 aromatic carbocycles. The lowest BCUT2D eigenvalue weighted by atomic mass is 10.0. The first kappa shape index (κ1) is 23.2. The molecule has 2 amide bonds. The molecule has 4 rings (SSSR count). The second kappa shape index (κ2) is 11.8. The molecule has 0 saturated heterocycles. The number of rotatable bonds is 6. The van der Waals surface area contributed by atoms with Gasteiger partial charge in [-0.3, -0.25) is 9.59 Å². The van der Waals surface area contributed by atoms with Crippen LogP contribution in [0.3, 0.4) is 0 Å². The SMILES string of the molecule is O=C(C(=O)N(SC1CCCCC1)c1ccccc1)N(SC1CCCCC1)c1ccccc1. The number of nitrogens with zero attached hydrogens (tertiary/aromatic N) is 2. The van der Waals surface area contributed by atoms with Gasteiger partial charge in [-0.2, -0.15) is 0 Å². The molecule has 0 radical (unpaired) electrons. The predicted molar refractivity (Wildman–Crippen MR) is 137 cm³/mol. The minimum atomic E-state index is -0.459. The fourth-order valence-corrected chi connectivity index (χ4v) is 6.91. The van der Waals surface area contributed by atoms with Gasteiger partial charge in [0.05, 0.1) is 11.4 Å². The summed E-state index contributed by atoms with van der Waals surface area (Å²) in [4.78, 5) is 27.3. The van der Waals surface area contributed by atoms with Crippen LogP contribution in [-0.4, -0.2) is 22.3 Å². The van der Waals surface area contributed by atoms with Gasteiger partial charge in [0.25, 0.3) is 0 Å². The van der Waals surface area contributed by atoms with Crippen LogP contribution >= 0.6 is 23.9 Å². The third-order valence-corrected chi connectivity index (χ3v) is 8.86. The highest BCUT2D eigenvalue weighted by molar-refractivity contribution is 8.02. The highest BCUT2D eigenvalue weighted by atomic mass is 32.2. The average molecular weight is 469 g/mol. The van der Waals surface area contributed by atoms with Gasteiger partial charge in [-0.05, 0) is 73.8 Å². The maximum Gasteiger partial charge on any atom is 0.327 e. The molecule has 0 heterocycles. The van der Waals surface area contributed by atoms with E-state index >= 15 is 0 Å². The molecule has 0 spiro atoms. The zero-order valence-corrected chi connectivity index (χ0v) is 20.2. The standard InChI is InChI=1S/C26H32N2O2S2/c29-25(27(21-13-5-1-6-14-21)31-23-17-9-3-10-18-23)26(30)28(22-15-7-2-8-16-22)32-24-19-11-4-12-20-24/h1-2,5-8,13-16,23-24H,3-4,9-12,17-20H2. The molecule has 2 aromatic rings. The number of anilines is 2. The van der Waals surface area contributed by atoms with Crippen LogP contribution in [0.5, 0.6) is 0 Å². The van der Waals surface area contributed by atoms with Crippen molar-refractivity contribution in [3.05, 3.63) is 60.7 Å². The van der Waals surface area contributed by atoms with Crippen LogP contribution in [0, 0.1) is 0 Å². The number of hydrogen-bond acceptors (Lipinski definition) is 4. The lowest BCUT2D eigenvalue weighted by molar-refractivity contribution is -0.134. The van der Waals surface area contributed by atoms with Crippen LogP contribution in [0.1, 0.15) is 64.2 Å². The van der Waals surface area contributed by atoms with Crippen LogP contribution in [0.2, 0.25) is 0 Å². The third kappa shape index (κ3) is 6.10. The Labute approximate surface area is 200 Å². The molecule has 2 fully saturated rings. The first-order valence-electron chi connectivity index (χ1n) is 11.8. The lowest BCUT2D eigenvalue weighted by Gasteiger charge is -2.31. The quantitative estimate of drug-likeness (QED) is 0.337. The molecule has 2 saturated carbocycles. The highest BCUT2D eigenvalue weighted by Crippen LogP contribution is 2.37. The highest BCUT2D eigenvalue weighted by Gasteiger charge is 2.34. The molecular formula is C26H32N2O2S2. The van der Waals surface area contributed by atoms with Gasteiger partial charge in [-0.1, -0.05) is 74.9 Å². The van der Waals surface area contributed by atoms with E-state index in [0.717, 1.165) is 37.1 Å². The maximum atomic E-state index is 13.7. The average Bonchev–Trinajstić information content (AvgIpc) is 2.87. The number of carbonyl (C=O) groups is 2. The van der Waals surface area contributed by atoms with E-state index in [1.165, 1.54) is 38.5 Å². The summed E-state index contributed by atoms with van der Waals surface area (Å²) in [6, 6.07) is 19.2. The molecule has 170 valence electrons. The molecule has 0 N–H and O–H groups in total. The Morgan fingerprint density at radius 1 is 0.562 bits per heavy atom. The molecule has 0 aliphatic heterocycles. The fraction of sp³-hybridized carbons (Fsp3) is 0.462. The number of hydrogen-bond donors (Lipinski definition) is 0. The van der Waals surface area contributed by atoms with E-state index in [1.54, 1.807) is 32.5 Å². The van der Waals surface area contributed by atoms with Crippen LogP contribution < -0.4 is 8.61 Å². The van der Waals surface area contributed by atoms with E-state index in [0.29, 0.717) is 10.5 Å². The minimum Gasteiger partial charge on any atom is -0.262 e. The van der Waals surface area contributed by atoms with Crippen molar-refractivity contribution < 1.29 is 9.59 Å². The predicted octanol–water partition coefficient (Wildman–Crippen LogP) is 7.01. The lowest BCUT2D eigenvalue weighted by Crippen LogP contribution is -2.42. The molecule has 0 bridgehead atoms. The van der Waals surface area contributed by atoms with Gasteiger partial charge in [-0.25, -0.2) is 8.61 Å². The molecule has 0 aromatic heterocycles. The van der Waals surface area contributed by atoms with E-state index in [1.807, 2.05) is 60.7 Å². The Hall–Kier alpha value is -1.92. The molecule has 2 aliphatic carbocycles. The van der Waals surface area contributed by atoms with Gasteiger partial charge in [-0.15, -0.1) is 0 Å². The molecular weight excluding hydrogens is 436 g/mol. The number of amides is 2. The van der Waals surface area contributed by atoms with Crippen molar-refractivity contribution in [2.75, 3.05) is 8.61 Å². The number of para-hydroxylation sites is 2. The van der Waals surface area contributed by atoms with Crippen molar-refractivity contribution in [2.45, 2.75) is 74.7 Å². The van der Waals surface area contributed by atoms with E-state index in [2.05, 4.69) is 0 Å². The van der Waals surface area contributed by atoms with Crippen LogP contribution in [0.15, 0.2) is 60.7 Å². The number of benzene rings is 2. The molecule has 0 atom stereocenters. The summed E-state index contributed by atoms with van der Waals surface area (Å²) < 4.78 is 3.30. The Balaban J connectivity index is 1.58. The second-order valence-corrected chi connectivity index (χ2v) is 11.1. The summed E-state index contributed by atoms with van der Waals surface area (Å²) in [6.45, 7) is 0. The first-order chi connectivity index (χ1) is 15.7. The minimum absolute atomic E-state index is 0.372. The summed E-state index contributed by atoms with van der Waals surface area (Å²) in [5.41, 5.74) is 1.55. The summed E-state index contributed by atoms with van der Waals surface area (Å²) >= 11 is 3.08. The summed E-state index contributed by atoms with van der Waals surface area (Å²) in [6.07, 6.45) is 11.6. The van der Waals surface area contributed by atoms with Crippen molar-refractivity contribution in [1.82, 2.24) is 0 Å². The topological polar surface area (TPSA) is 40.6 Å². The van der Waals surface area contributed by atoms with Crippen LogP contribution in [-0.2, 0) is 9.59 Å². The molecule has 32 heavy (non-hydrogen) atoms. The smallest absolute Gasteiger partial charge is 0.262 e. The summed E-state index contributed by atoms with van der Waals surface area (Å²) in [5, 5.41) is 0.744. The second-order valence-electron chi connectivity index (χ2n) is 8.60. The van der Waals surface area contributed by atoms with Crippen molar-refractivity contribution in [2.24, 2.45) is 0 Å². The molecule has 6 heteroatoms. The van der Waals surface area contributed by atoms with Crippen molar-refractivity contribution in [3.63, 3.8) is 0 Å². The monoisotopic (exact) mass is 468 g/mol. The molecule has 4 nitrogen and oxygen atoms in total. The van der Waals surface area contributed by atoms with Gasteiger partial charge in [0.2, 0.25) is 0 Å². The van der Waals surface area contributed by atoms with Crippen molar-refractivity contribution in [3.8, 4) is 0 Å². The van der Waals surface area contributed by atoms with Crippen molar-refractivity contribution >= 4 is 47.1 Å². The molecule has 0 unspecified atom stereocenters. The maximum absolute atomic E-state index is 13.7. The summed E-state index contributed by atoms with van der Waals surface area (Å²) in [7, 11) is 0.